The summed E-state index contributed by atoms with van der Waals surface area (Å²) in [6, 6.07) is 2.02. The van der Waals surface area contributed by atoms with Gasteiger partial charge in [0.25, 0.3) is 0 Å². The van der Waals surface area contributed by atoms with Crippen LogP contribution in [-0.4, -0.2) is 29.7 Å². The lowest BCUT2D eigenvalue weighted by Gasteiger charge is -2.29. The molecule has 5 nitrogen and oxygen atoms in total. The first-order chi connectivity index (χ1) is 12.9. The highest BCUT2D eigenvalue weighted by molar-refractivity contribution is 6.22. The van der Waals surface area contributed by atoms with Crippen molar-refractivity contribution in [3.63, 3.8) is 0 Å². The van der Waals surface area contributed by atoms with Gasteiger partial charge in [-0.1, -0.05) is 18.1 Å². The van der Waals surface area contributed by atoms with E-state index in [2.05, 4.69) is 5.16 Å². The average molecular weight is 369 g/mol. The van der Waals surface area contributed by atoms with Gasteiger partial charge >= 0.3 is 0 Å². The summed E-state index contributed by atoms with van der Waals surface area (Å²) >= 11 is 0. The third-order valence-corrected chi connectivity index (χ3v) is 5.71. The summed E-state index contributed by atoms with van der Waals surface area (Å²) in [6.07, 6.45) is 2.36. The minimum Gasteiger partial charge on any atom is -0.396 e. The topological polar surface area (TPSA) is 72.8 Å². The van der Waals surface area contributed by atoms with Gasteiger partial charge in [0.05, 0.1) is 5.71 Å². The number of aryl methyl sites for hydroxylation is 2. The zero-order chi connectivity index (χ0) is 19.7. The van der Waals surface area contributed by atoms with Crippen molar-refractivity contribution in [1.29, 1.82) is 0 Å². The number of Topliss-reactive ketones (excluding diaryl/α,β-unsaturated/α-hetero) is 3. The number of hydrogen-bond acceptors (Lipinski definition) is 5. The predicted octanol–water partition coefficient (Wildman–Crippen LogP) is 3.87. The highest BCUT2D eigenvalue weighted by atomic mass is 16.6. The van der Waals surface area contributed by atoms with Crippen LogP contribution >= 0.6 is 0 Å². The van der Waals surface area contributed by atoms with Crippen LogP contribution in [0.3, 0.4) is 0 Å². The first kappa shape index (κ1) is 19.5. The number of rotatable bonds is 5. The number of fused-ring (bicyclic) bond motifs is 1. The molecule has 1 fully saturated rings. The molecule has 5 heteroatoms. The Bertz CT molecular complexity index is 819. The highest BCUT2D eigenvalue weighted by Gasteiger charge is 2.41. The van der Waals surface area contributed by atoms with E-state index >= 15 is 0 Å². The van der Waals surface area contributed by atoms with Crippen LogP contribution in [0.25, 0.3) is 0 Å². The fourth-order valence-corrected chi connectivity index (χ4v) is 4.68. The molecular formula is C22H27NO4. The van der Waals surface area contributed by atoms with Crippen molar-refractivity contribution in [3.05, 3.63) is 33.9 Å². The van der Waals surface area contributed by atoms with Crippen molar-refractivity contribution >= 4 is 23.1 Å². The van der Waals surface area contributed by atoms with Crippen LogP contribution in [0.4, 0.5) is 0 Å². The van der Waals surface area contributed by atoms with Gasteiger partial charge in [0, 0.05) is 24.8 Å². The summed E-state index contributed by atoms with van der Waals surface area (Å²) in [5, 5.41) is 4.01. The predicted molar refractivity (Wildman–Crippen MR) is 103 cm³/mol. The van der Waals surface area contributed by atoms with Crippen molar-refractivity contribution < 1.29 is 19.2 Å². The molecule has 0 unspecified atom stereocenters. The molecule has 27 heavy (non-hydrogen) atoms. The molecule has 2 aliphatic rings. The van der Waals surface area contributed by atoms with E-state index in [1.807, 2.05) is 33.8 Å². The molecule has 1 saturated carbocycles. The molecule has 0 atom stereocenters. The minimum atomic E-state index is -0.779. The Morgan fingerprint density at radius 1 is 1.07 bits per heavy atom. The third-order valence-electron chi connectivity index (χ3n) is 5.71. The molecule has 0 radical (unpaired) electrons. The van der Waals surface area contributed by atoms with Gasteiger partial charge in [0.1, 0.15) is 24.1 Å². The average Bonchev–Trinajstić information content (AvgIpc) is 2.99. The summed E-state index contributed by atoms with van der Waals surface area (Å²) in [5.41, 5.74) is 5.50. The summed E-state index contributed by atoms with van der Waals surface area (Å²) < 4.78 is 0. The lowest BCUT2D eigenvalue weighted by molar-refractivity contribution is -0.133. The smallest absolute Gasteiger partial charge is 0.163 e. The molecule has 2 aliphatic carbocycles. The van der Waals surface area contributed by atoms with Crippen LogP contribution < -0.4 is 0 Å². The zero-order valence-corrected chi connectivity index (χ0v) is 16.6. The maximum atomic E-state index is 12.9. The molecule has 0 aliphatic heterocycles. The third kappa shape index (κ3) is 3.47. The number of oxime groups is 1. The van der Waals surface area contributed by atoms with Crippen molar-refractivity contribution in [3.8, 4) is 0 Å². The number of hydrogen-bond donors (Lipinski definition) is 0. The van der Waals surface area contributed by atoms with Crippen LogP contribution in [0.5, 0.6) is 0 Å². The van der Waals surface area contributed by atoms with Gasteiger partial charge in [-0.25, -0.2) is 0 Å². The number of ketones is 3. The number of carbonyl (C=O) groups excluding carboxylic acids is 3. The van der Waals surface area contributed by atoms with Crippen molar-refractivity contribution in [2.75, 3.05) is 6.61 Å². The second-order valence-electron chi connectivity index (χ2n) is 7.53. The lowest BCUT2D eigenvalue weighted by Crippen LogP contribution is -2.38. The van der Waals surface area contributed by atoms with E-state index in [0.717, 1.165) is 27.8 Å². The first-order valence-electron chi connectivity index (χ1n) is 9.79. The summed E-state index contributed by atoms with van der Waals surface area (Å²) in [5.74, 6) is -0.929. The van der Waals surface area contributed by atoms with Gasteiger partial charge in [0.15, 0.2) is 5.78 Å². The van der Waals surface area contributed by atoms with E-state index in [-0.39, 0.29) is 23.3 Å². The van der Waals surface area contributed by atoms with Gasteiger partial charge in [-0.3, -0.25) is 14.4 Å². The van der Waals surface area contributed by atoms with Crippen LogP contribution in [0, 0.1) is 19.8 Å². The van der Waals surface area contributed by atoms with E-state index < -0.39 is 5.92 Å². The fourth-order valence-electron chi connectivity index (χ4n) is 4.68. The quantitative estimate of drug-likeness (QED) is 0.449. The molecule has 0 heterocycles. The molecule has 0 aromatic heterocycles. The van der Waals surface area contributed by atoms with E-state index in [4.69, 9.17) is 4.84 Å². The molecule has 0 saturated heterocycles. The van der Waals surface area contributed by atoms with Crippen molar-refractivity contribution in [2.24, 2.45) is 11.1 Å². The Morgan fingerprint density at radius 2 is 1.74 bits per heavy atom. The minimum absolute atomic E-state index is 0.0883. The van der Waals surface area contributed by atoms with Crippen LogP contribution in [0.1, 0.15) is 78.1 Å². The van der Waals surface area contributed by atoms with E-state index in [1.54, 1.807) is 0 Å². The number of benzene rings is 1. The molecule has 0 amide bonds. The van der Waals surface area contributed by atoms with E-state index in [9.17, 15) is 14.4 Å². The summed E-state index contributed by atoms with van der Waals surface area (Å²) in [7, 11) is 0. The Morgan fingerprint density at radius 3 is 2.33 bits per heavy atom. The first-order valence-corrected chi connectivity index (χ1v) is 9.79. The van der Waals surface area contributed by atoms with Gasteiger partial charge in [0.2, 0.25) is 0 Å². The molecule has 1 aromatic rings. The zero-order valence-electron chi connectivity index (χ0n) is 16.6. The fraction of sp³-hybridized carbons (Fsp3) is 0.545. The Balaban J connectivity index is 1.94. The van der Waals surface area contributed by atoms with Crippen molar-refractivity contribution in [1.82, 2.24) is 0 Å². The monoisotopic (exact) mass is 369 g/mol. The molecule has 144 valence electrons. The maximum absolute atomic E-state index is 12.9. The number of carbonyl (C=O) groups is 3. The largest absolute Gasteiger partial charge is 0.396 e. The Labute approximate surface area is 160 Å². The van der Waals surface area contributed by atoms with Gasteiger partial charge in [-0.2, -0.15) is 0 Å². The van der Waals surface area contributed by atoms with Crippen LogP contribution in [-0.2, 0) is 20.8 Å². The molecule has 0 bridgehead atoms. The molecule has 1 aromatic carbocycles. The molecule has 3 rings (SSSR count). The second-order valence-corrected chi connectivity index (χ2v) is 7.53. The Kier molecular flexibility index (Phi) is 5.59. The maximum Gasteiger partial charge on any atom is 0.163 e. The SMILES string of the molecule is CCO/N=C(/CC)C1C(=O)CC(c2c(C)cc(C)c3c2CCC3=O)CC1=O. The van der Waals surface area contributed by atoms with E-state index in [1.165, 1.54) is 0 Å². The lowest BCUT2D eigenvalue weighted by atomic mass is 9.72. The molecule has 0 spiro atoms. The van der Waals surface area contributed by atoms with Crippen LogP contribution in [0.15, 0.2) is 11.2 Å². The normalized spacial score (nSPS) is 23.0. The number of nitrogens with zero attached hydrogens (tertiary/aromatic N) is 1. The van der Waals surface area contributed by atoms with Crippen molar-refractivity contribution in [2.45, 2.75) is 65.7 Å². The highest BCUT2D eigenvalue weighted by Crippen LogP contribution is 2.40. The van der Waals surface area contributed by atoms with Gasteiger partial charge in [-0.05, 0) is 61.8 Å². The molecule has 0 N–H and O–H groups in total. The van der Waals surface area contributed by atoms with Gasteiger partial charge in [-0.15, -0.1) is 0 Å². The summed E-state index contributed by atoms with van der Waals surface area (Å²) in [6.45, 7) is 8.08. The van der Waals surface area contributed by atoms with Crippen LogP contribution in [0.2, 0.25) is 0 Å². The standard InChI is InChI=1S/C22H27NO4/c1-5-16(23-27-6-2)22-18(25)10-14(11-19(22)26)20-12(3)9-13(4)21-15(20)7-8-17(21)24/h9,14,22H,5-8,10-11H2,1-4H3/b23-16-. The van der Waals surface area contributed by atoms with Gasteiger partial charge < -0.3 is 4.84 Å². The molecular weight excluding hydrogens is 342 g/mol. The Hall–Kier alpha value is -2.30. The summed E-state index contributed by atoms with van der Waals surface area (Å²) in [4.78, 5) is 43.1. The second kappa shape index (κ2) is 7.75. The van der Waals surface area contributed by atoms with E-state index in [0.29, 0.717) is 44.4 Å².